The van der Waals surface area contributed by atoms with Gasteiger partial charge in [-0.15, -0.1) is 0 Å². The summed E-state index contributed by atoms with van der Waals surface area (Å²) in [5.41, 5.74) is 0.240. The third-order valence-electron chi connectivity index (χ3n) is 6.22. The van der Waals surface area contributed by atoms with Crippen molar-refractivity contribution < 1.29 is 39.5 Å². The van der Waals surface area contributed by atoms with Crippen molar-refractivity contribution in [3.8, 4) is 40.1 Å². The standard InChI is InChI=1S/C27H20N2O9/c1-37-21(34)10-14(12-2-4-15-16(8-12)29-7-6-28-15)22-19(32)11-20(33)23-24(35)25(36)26(38-27(22)23)13-3-5-17(30)18(31)9-13/h2-9,11,14,30-33,36H,10H2,1H3/t14-/m0/s1. The third kappa shape index (κ3) is 4.05. The average Bonchev–Trinajstić information content (AvgIpc) is 2.90. The third-order valence-corrected chi connectivity index (χ3v) is 6.22. The molecule has 0 radical (unpaired) electrons. The second-order valence-corrected chi connectivity index (χ2v) is 8.48. The first-order valence-electron chi connectivity index (χ1n) is 11.2. The zero-order valence-electron chi connectivity index (χ0n) is 19.7. The van der Waals surface area contributed by atoms with E-state index in [1.54, 1.807) is 18.2 Å². The maximum atomic E-state index is 13.2. The Balaban J connectivity index is 1.84. The number of rotatable bonds is 5. The summed E-state index contributed by atoms with van der Waals surface area (Å²) in [7, 11) is 1.20. The topological polar surface area (TPSA) is 183 Å². The highest BCUT2D eigenvalue weighted by molar-refractivity contribution is 5.92. The van der Waals surface area contributed by atoms with Crippen molar-refractivity contribution in [3.63, 3.8) is 0 Å². The first-order chi connectivity index (χ1) is 18.2. The Morgan fingerprint density at radius 2 is 1.63 bits per heavy atom. The predicted molar refractivity (Wildman–Crippen MR) is 134 cm³/mol. The normalized spacial score (nSPS) is 12.0. The van der Waals surface area contributed by atoms with Crippen LogP contribution in [0.5, 0.6) is 28.7 Å². The number of esters is 1. The molecule has 11 nitrogen and oxygen atoms in total. The molecular weight excluding hydrogens is 496 g/mol. The van der Waals surface area contributed by atoms with Crippen LogP contribution in [0.1, 0.15) is 23.5 Å². The van der Waals surface area contributed by atoms with Gasteiger partial charge in [-0.2, -0.15) is 0 Å². The fourth-order valence-corrected chi connectivity index (χ4v) is 4.37. The highest BCUT2D eigenvalue weighted by atomic mass is 16.5. The minimum absolute atomic E-state index is 0.0241. The molecule has 0 saturated heterocycles. The maximum Gasteiger partial charge on any atom is 0.306 e. The lowest BCUT2D eigenvalue weighted by Gasteiger charge is -2.20. The van der Waals surface area contributed by atoms with Gasteiger partial charge in [0.25, 0.3) is 0 Å². The summed E-state index contributed by atoms with van der Waals surface area (Å²) in [4.78, 5) is 34.2. The highest BCUT2D eigenvalue weighted by Crippen LogP contribution is 2.45. The summed E-state index contributed by atoms with van der Waals surface area (Å²) in [6.07, 6.45) is 2.72. The molecule has 2 aromatic heterocycles. The maximum absolute atomic E-state index is 13.2. The molecule has 0 aliphatic heterocycles. The number of phenolic OH excluding ortho intramolecular Hbond substituents is 4. The van der Waals surface area contributed by atoms with Gasteiger partial charge < -0.3 is 34.7 Å². The van der Waals surface area contributed by atoms with Crippen LogP contribution in [0.3, 0.4) is 0 Å². The molecule has 0 amide bonds. The minimum atomic E-state index is -1.02. The van der Waals surface area contributed by atoms with E-state index in [-0.39, 0.29) is 23.1 Å². The number of hydrogen-bond donors (Lipinski definition) is 5. The van der Waals surface area contributed by atoms with Gasteiger partial charge in [-0.25, -0.2) is 0 Å². The number of benzene rings is 3. The molecule has 3 aromatic carbocycles. The quantitative estimate of drug-likeness (QED) is 0.170. The summed E-state index contributed by atoms with van der Waals surface area (Å²) >= 11 is 0. The lowest BCUT2D eigenvalue weighted by Crippen LogP contribution is -2.13. The molecule has 0 unspecified atom stereocenters. The Morgan fingerprint density at radius 3 is 2.34 bits per heavy atom. The van der Waals surface area contributed by atoms with Gasteiger partial charge in [-0.1, -0.05) is 6.07 Å². The molecule has 0 aliphatic rings. The van der Waals surface area contributed by atoms with E-state index in [0.29, 0.717) is 16.6 Å². The monoisotopic (exact) mass is 516 g/mol. The Kier molecular flexibility index (Phi) is 5.95. The molecule has 0 spiro atoms. The van der Waals surface area contributed by atoms with Gasteiger partial charge in [-0.05, 0) is 35.9 Å². The molecule has 5 N–H and O–H groups in total. The van der Waals surface area contributed by atoms with Crippen LogP contribution in [0.2, 0.25) is 0 Å². The fourth-order valence-electron chi connectivity index (χ4n) is 4.37. The number of hydrogen-bond acceptors (Lipinski definition) is 11. The van der Waals surface area contributed by atoms with Gasteiger partial charge in [0.05, 0.1) is 24.6 Å². The lowest BCUT2D eigenvalue weighted by atomic mass is 9.86. The molecule has 38 heavy (non-hydrogen) atoms. The fraction of sp³-hybridized carbons (Fsp3) is 0.111. The van der Waals surface area contributed by atoms with Crippen molar-refractivity contribution in [3.05, 3.63) is 76.2 Å². The second-order valence-electron chi connectivity index (χ2n) is 8.48. The molecule has 192 valence electrons. The van der Waals surface area contributed by atoms with E-state index in [1.165, 1.54) is 25.6 Å². The van der Waals surface area contributed by atoms with E-state index >= 15 is 0 Å². The number of carbonyl (C=O) groups excluding carboxylic acids is 1. The van der Waals surface area contributed by atoms with Crippen LogP contribution in [0.15, 0.2) is 64.1 Å². The van der Waals surface area contributed by atoms with E-state index in [4.69, 9.17) is 9.15 Å². The first-order valence-corrected chi connectivity index (χ1v) is 11.2. The number of carbonyl (C=O) groups is 1. The molecule has 0 saturated carbocycles. The van der Waals surface area contributed by atoms with Crippen LogP contribution in [-0.2, 0) is 9.53 Å². The summed E-state index contributed by atoms with van der Waals surface area (Å²) in [6, 6.07) is 9.40. The predicted octanol–water partition coefficient (Wildman–Crippen LogP) is 3.63. The zero-order chi connectivity index (χ0) is 27.1. The van der Waals surface area contributed by atoms with Crippen LogP contribution in [0, 0.1) is 0 Å². The minimum Gasteiger partial charge on any atom is -0.507 e. The van der Waals surface area contributed by atoms with Crippen molar-refractivity contribution in [1.29, 1.82) is 0 Å². The van der Waals surface area contributed by atoms with Crippen LogP contribution in [0.25, 0.3) is 33.3 Å². The average molecular weight is 516 g/mol. The van der Waals surface area contributed by atoms with Gasteiger partial charge in [0, 0.05) is 35.5 Å². The zero-order valence-corrected chi connectivity index (χ0v) is 19.7. The molecule has 5 aromatic rings. The van der Waals surface area contributed by atoms with Crippen molar-refractivity contribution >= 4 is 28.0 Å². The van der Waals surface area contributed by atoms with Gasteiger partial charge in [-0.3, -0.25) is 19.6 Å². The Labute approximate surface area is 213 Å². The molecular formula is C27H20N2O9. The van der Waals surface area contributed by atoms with Crippen molar-refractivity contribution in [2.45, 2.75) is 12.3 Å². The van der Waals surface area contributed by atoms with E-state index in [1.807, 2.05) is 0 Å². The number of aromatic hydroxyl groups is 5. The number of methoxy groups -OCH3 is 1. The van der Waals surface area contributed by atoms with Crippen LogP contribution < -0.4 is 5.43 Å². The number of fused-ring (bicyclic) bond motifs is 2. The van der Waals surface area contributed by atoms with Crippen molar-refractivity contribution in [2.75, 3.05) is 7.11 Å². The summed E-state index contributed by atoms with van der Waals surface area (Å²) in [5, 5.41) is 51.3. The van der Waals surface area contributed by atoms with E-state index in [9.17, 15) is 35.1 Å². The molecule has 1 atom stereocenters. The molecule has 2 heterocycles. The Morgan fingerprint density at radius 1 is 0.895 bits per heavy atom. The molecule has 11 heteroatoms. The number of ether oxygens (including phenoxy) is 1. The second kappa shape index (κ2) is 9.28. The highest BCUT2D eigenvalue weighted by Gasteiger charge is 2.30. The summed E-state index contributed by atoms with van der Waals surface area (Å²) in [6.45, 7) is 0. The number of nitrogens with zero attached hydrogens (tertiary/aromatic N) is 2. The summed E-state index contributed by atoms with van der Waals surface area (Å²) < 4.78 is 10.8. The van der Waals surface area contributed by atoms with E-state index in [0.717, 1.165) is 18.2 Å². The smallest absolute Gasteiger partial charge is 0.306 e. The summed E-state index contributed by atoms with van der Waals surface area (Å²) in [5.74, 6) is -4.99. The van der Waals surface area contributed by atoms with Gasteiger partial charge in [0.15, 0.2) is 17.3 Å². The van der Waals surface area contributed by atoms with Crippen LogP contribution >= 0.6 is 0 Å². The molecule has 0 fully saturated rings. The van der Waals surface area contributed by atoms with Crippen molar-refractivity contribution in [1.82, 2.24) is 9.97 Å². The van der Waals surface area contributed by atoms with E-state index < -0.39 is 57.2 Å². The Hall–Kier alpha value is -5.32. The lowest BCUT2D eigenvalue weighted by molar-refractivity contribution is -0.140. The van der Waals surface area contributed by atoms with Gasteiger partial charge >= 0.3 is 5.97 Å². The van der Waals surface area contributed by atoms with Crippen LogP contribution in [0.4, 0.5) is 0 Å². The molecule has 5 rings (SSSR count). The van der Waals surface area contributed by atoms with Gasteiger partial charge in [0.1, 0.15) is 22.5 Å². The largest absolute Gasteiger partial charge is 0.507 e. The number of aromatic nitrogens is 2. The molecule has 0 bridgehead atoms. The molecule has 0 aliphatic carbocycles. The number of phenols is 4. The SMILES string of the molecule is COC(=O)C[C@@H](c1ccc2nccnc2c1)c1c(O)cc(O)c2c(=O)c(O)c(-c3ccc(O)c(O)c3)oc12. The Bertz CT molecular complexity index is 1800. The van der Waals surface area contributed by atoms with Gasteiger partial charge in [0.2, 0.25) is 11.2 Å². The van der Waals surface area contributed by atoms with Crippen LogP contribution in [-0.4, -0.2) is 48.6 Å². The van der Waals surface area contributed by atoms with Crippen molar-refractivity contribution in [2.24, 2.45) is 0 Å². The van der Waals surface area contributed by atoms with E-state index in [2.05, 4.69) is 9.97 Å². The first kappa shape index (κ1) is 24.4.